The van der Waals surface area contributed by atoms with Crippen molar-refractivity contribution >= 4 is 15.9 Å². The van der Waals surface area contributed by atoms with Crippen molar-refractivity contribution in [3.63, 3.8) is 0 Å². The van der Waals surface area contributed by atoms with Crippen molar-refractivity contribution in [2.24, 2.45) is 0 Å². The van der Waals surface area contributed by atoms with Gasteiger partial charge in [0, 0.05) is 26.2 Å². The Morgan fingerprint density at radius 1 is 1.35 bits per heavy atom. The number of hydrogen-bond acceptors (Lipinski definition) is 4. The van der Waals surface area contributed by atoms with E-state index in [0.29, 0.717) is 26.1 Å². The molecule has 1 saturated heterocycles. The van der Waals surface area contributed by atoms with Crippen molar-refractivity contribution in [1.82, 2.24) is 10.2 Å². The Labute approximate surface area is 137 Å². The Balaban J connectivity index is 1.97. The fourth-order valence-electron chi connectivity index (χ4n) is 2.65. The number of rotatable bonds is 6. The number of aryl methyl sites for hydroxylation is 1. The molecule has 128 valence electrons. The number of benzene rings is 1. The van der Waals surface area contributed by atoms with E-state index < -0.39 is 9.84 Å². The van der Waals surface area contributed by atoms with Gasteiger partial charge < -0.3 is 15.0 Å². The van der Waals surface area contributed by atoms with Crippen LogP contribution in [0.15, 0.2) is 24.3 Å². The van der Waals surface area contributed by atoms with Crippen molar-refractivity contribution in [2.45, 2.75) is 25.9 Å². The SMILES string of the molecule is COCCN(C(=O)NCc1ccc(C)cc1)C1CCS(=O)(=O)C1. The van der Waals surface area contributed by atoms with Crippen LogP contribution in [0.25, 0.3) is 0 Å². The molecule has 7 heteroatoms. The number of nitrogens with zero attached hydrogens (tertiary/aromatic N) is 1. The highest BCUT2D eigenvalue weighted by atomic mass is 32.2. The molecule has 1 unspecified atom stereocenters. The van der Waals surface area contributed by atoms with Crippen LogP contribution >= 0.6 is 0 Å². The molecule has 1 aromatic carbocycles. The molecule has 1 heterocycles. The predicted molar refractivity (Wildman–Crippen MR) is 89.1 cm³/mol. The second-order valence-corrected chi connectivity index (χ2v) is 8.12. The molecular weight excluding hydrogens is 316 g/mol. The van der Waals surface area contributed by atoms with E-state index in [4.69, 9.17) is 4.74 Å². The number of hydrogen-bond donors (Lipinski definition) is 1. The minimum atomic E-state index is -3.03. The van der Waals surface area contributed by atoms with Crippen LogP contribution in [0.5, 0.6) is 0 Å². The number of ether oxygens (including phenoxy) is 1. The van der Waals surface area contributed by atoms with E-state index in [-0.39, 0.29) is 23.6 Å². The maximum atomic E-state index is 12.5. The first-order valence-electron chi connectivity index (χ1n) is 7.70. The molecule has 6 nitrogen and oxygen atoms in total. The van der Waals surface area contributed by atoms with E-state index in [0.717, 1.165) is 11.1 Å². The molecule has 2 rings (SSSR count). The van der Waals surface area contributed by atoms with E-state index >= 15 is 0 Å². The molecule has 1 aromatic rings. The van der Waals surface area contributed by atoms with Crippen molar-refractivity contribution in [3.05, 3.63) is 35.4 Å². The molecule has 0 saturated carbocycles. The largest absolute Gasteiger partial charge is 0.383 e. The van der Waals surface area contributed by atoms with E-state index in [2.05, 4.69) is 5.32 Å². The van der Waals surface area contributed by atoms with Crippen molar-refractivity contribution in [2.75, 3.05) is 31.8 Å². The lowest BCUT2D eigenvalue weighted by Crippen LogP contribution is -2.48. The highest BCUT2D eigenvalue weighted by Crippen LogP contribution is 2.18. The fourth-order valence-corrected chi connectivity index (χ4v) is 4.38. The Morgan fingerprint density at radius 2 is 2.04 bits per heavy atom. The van der Waals surface area contributed by atoms with Crippen molar-refractivity contribution in [1.29, 1.82) is 0 Å². The third-order valence-corrected chi connectivity index (χ3v) is 5.76. The number of nitrogens with one attached hydrogen (secondary N) is 1. The molecule has 23 heavy (non-hydrogen) atoms. The highest BCUT2D eigenvalue weighted by Gasteiger charge is 2.34. The molecule has 2 amide bonds. The summed E-state index contributed by atoms with van der Waals surface area (Å²) in [7, 11) is -1.47. The Kier molecular flexibility index (Phi) is 6.01. The molecule has 0 aromatic heterocycles. The Hall–Kier alpha value is -1.60. The first-order chi connectivity index (χ1) is 10.9. The molecule has 0 radical (unpaired) electrons. The average Bonchev–Trinajstić information content (AvgIpc) is 2.87. The van der Waals surface area contributed by atoms with Gasteiger partial charge in [0.15, 0.2) is 9.84 Å². The van der Waals surface area contributed by atoms with Crippen LogP contribution in [0, 0.1) is 6.92 Å². The monoisotopic (exact) mass is 340 g/mol. The topological polar surface area (TPSA) is 75.7 Å². The summed E-state index contributed by atoms with van der Waals surface area (Å²) in [4.78, 5) is 14.0. The van der Waals surface area contributed by atoms with Crippen LogP contribution in [0.3, 0.4) is 0 Å². The summed E-state index contributed by atoms with van der Waals surface area (Å²) in [5.74, 6) is 0.182. The molecular formula is C16H24N2O4S. The molecule has 1 fully saturated rings. The summed E-state index contributed by atoms with van der Waals surface area (Å²) in [6.45, 7) is 3.20. The Morgan fingerprint density at radius 3 is 2.61 bits per heavy atom. The van der Waals surface area contributed by atoms with E-state index in [1.807, 2.05) is 31.2 Å². The van der Waals surface area contributed by atoms with Gasteiger partial charge in [0.05, 0.1) is 18.1 Å². The van der Waals surface area contributed by atoms with E-state index in [1.54, 1.807) is 12.0 Å². The second-order valence-electron chi connectivity index (χ2n) is 5.89. The van der Waals surface area contributed by atoms with Gasteiger partial charge in [-0.05, 0) is 18.9 Å². The number of carbonyl (C=O) groups is 1. The van der Waals surface area contributed by atoms with Gasteiger partial charge in [0.25, 0.3) is 0 Å². The van der Waals surface area contributed by atoms with Crippen LogP contribution in [-0.2, 0) is 21.1 Å². The zero-order valence-corrected chi connectivity index (χ0v) is 14.4. The number of urea groups is 1. The third kappa shape index (κ3) is 5.21. The van der Waals surface area contributed by atoms with Gasteiger partial charge in [-0.2, -0.15) is 0 Å². The number of methoxy groups -OCH3 is 1. The fraction of sp³-hybridized carbons (Fsp3) is 0.562. The van der Waals surface area contributed by atoms with Crippen LogP contribution in [0.2, 0.25) is 0 Å². The lowest BCUT2D eigenvalue weighted by atomic mass is 10.1. The summed E-state index contributed by atoms with van der Waals surface area (Å²) in [5, 5.41) is 2.87. The van der Waals surface area contributed by atoms with E-state index in [1.165, 1.54) is 0 Å². The number of sulfone groups is 1. The minimum Gasteiger partial charge on any atom is -0.383 e. The predicted octanol–water partition coefficient (Wildman–Crippen LogP) is 1.34. The zero-order valence-electron chi connectivity index (χ0n) is 13.6. The minimum absolute atomic E-state index is 0.0364. The van der Waals surface area contributed by atoms with Crippen molar-refractivity contribution in [3.8, 4) is 0 Å². The zero-order chi connectivity index (χ0) is 16.9. The molecule has 0 bridgehead atoms. The normalized spacial score (nSPS) is 19.5. The lowest BCUT2D eigenvalue weighted by Gasteiger charge is -2.28. The summed E-state index contributed by atoms with van der Waals surface area (Å²) < 4.78 is 28.4. The van der Waals surface area contributed by atoms with Crippen molar-refractivity contribution < 1.29 is 17.9 Å². The number of amides is 2. The van der Waals surface area contributed by atoms with Gasteiger partial charge in [0.1, 0.15) is 0 Å². The summed E-state index contributed by atoms with van der Waals surface area (Å²) in [5.41, 5.74) is 2.17. The quantitative estimate of drug-likeness (QED) is 0.848. The molecule has 0 spiro atoms. The highest BCUT2D eigenvalue weighted by molar-refractivity contribution is 7.91. The molecule has 1 atom stereocenters. The molecule has 1 N–H and O–H groups in total. The van der Waals surface area contributed by atoms with Gasteiger partial charge in [0.2, 0.25) is 0 Å². The maximum Gasteiger partial charge on any atom is 0.318 e. The first kappa shape index (κ1) is 17.7. The second kappa shape index (κ2) is 7.79. The van der Waals surface area contributed by atoms with Crippen LogP contribution < -0.4 is 5.32 Å². The molecule has 0 aliphatic carbocycles. The Bertz CT molecular complexity index is 628. The van der Waals surface area contributed by atoms with Gasteiger partial charge in [-0.1, -0.05) is 29.8 Å². The maximum absolute atomic E-state index is 12.5. The lowest BCUT2D eigenvalue weighted by molar-refractivity contribution is 0.133. The summed E-state index contributed by atoms with van der Waals surface area (Å²) in [6, 6.07) is 7.41. The molecule has 1 aliphatic heterocycles. The van der Waals surface area contributed by atoms with E-state index in [9.17, 15) is 13.2 Å². The van der Waals surface area contributed by atoms with Gasteiger partial charge >= 0.3 is 6.03 Å². The van der Waals surface area contributed by atoms with Crippen LogP contribution in [0.1, 0.15) is 17.5 Å². The van der Waals surface area contributed by atoms with Crippen LogP contribution in [0.4, 0.5) is 4.79 Å². The summed E-state index contributed by atoms with van der Waals surface area (Å²) in [6.07, 6.45) is 0.490. The van der Waals surface area contributed by atoms with Gasteiger partial charge in [-0.15, -0.1) is 0 Å². The third-order valence-electron chi connectivity index (χ3n) is 4.01. The van der Waals surface area contributed by atoms with Gasteiger partial charge in [-0.25, -0.2) is 13.2 Å². The summed E-state index contributed by atoms with van der Waals surface area (Å²) >= 11 is 0. The average molecular weight is 340 g/mol. The van der Waals surface area contributed by atoms with Gasteiger partial charge in [-0.3, -0.25) is 0 Å². The molecule has 1 aliphatic rings. The standard InChI is InChI=1S/C16H24N2O4S/c1-13-3-5-14(6-4-13)11-17-16(19)18(8-9-22-2)15-7-10-23(20,21)12-15/h3-6,15H,7-12H2,1-2H3,(H,17,19). The smallest absolute Gasteiger partial charge is 0.318 e. The first-order valence-corrected chi connectivity index (χ1v) is 9.53. The van der Waals surface area contributed by atoms with Crippen LogP contribution in [-0.4, -0.2) is 57.2 Å². The number of carbonyl (C=O) groups excluding carboxylic acids is 1.